The number of nitro benzene ring substituents is 1. The zero-order valence-corrected chi connectivity index (χ0v) is 14.9. The summed E-state index contributed by atoms with van der Waals surface area (Å²) in [4.78, 5) is 13.0. The molecule has 5 nitrogen and oxygen atoms in total. The Bertz CT molecular complexity index is 983. The minimum Gasteiger partial charge on any atom is -0.462 e. The molecule has 0 aromatic heterocycles. The van der Waals surface area contributed by atoms with Crippen molar-refractivity contribution < 1.29 is 9.66 Å². The molecule has 0 unspecified atom stereocenters. The van der Waals surface area contributed by atoms with Crippen molar-refractivity contribution in [2.24, 2.45) is 0 Å². The summed E-state index contributed by atoms with van der Waals surface area (Å²) in [7, 11) is 2.10. The average Bonchev–Trinajstić information content (AvgIpc) is 2.84. The first-order valence-corrected chi connectivity index (χ1v) is 8.99. The molecule has 0 amide bonds. The molecule has 132 valence electrons. The maximum atomic E-state index is 11.1. The SMILES string of the molecule is CN1c2ccccc2[C@@]2(C)CCCC3=Cc4cc([N+](=O)[O-])ccc4O[C@@]312. The van der Waals surface area contributed by atoms with E-state index in [-0.39, 0.29) is 16.0 Å². The molecular weight excluding hydrogens is 328 g/mol. The molecule has 2 aromatic rings. The molecule has 1 aliphatic carbocycles. The van der Waals surface area contributed by atoms with Crippen LogP contribution in [-0.2, 0) is 5.41 Å². The number of nitro groups is 1. The van der Waals surface area contributed by atoms with Gasteiger partial charge in [0, 0.05) is 30.4 Å². The summed E-state index contributed by atoms with van der Waals surface area (Å²) in [6.45, 7) is 2.29. The first-order valence-electron chi connectivity index (χ1n) is 8.99. The molecule has 2 atom stereocenters. The van der Waals surface area contributed by atoms with E-state index in [4.69, 9.17) is 4.74 Å². The van der Waals surface area contributed by atoms with E-state index in [1.165, 1.54) is 22.9 Å². The van der Waals surface area contributed by atoms with Crippen LogP contribution in [0, 0.1) is 10.1 Å². The Kier molecular flexibility index (Phi) is 2.89. The summed E-state index contributed by atoms with van der Waals surface area (Å²) in [6, 6.07) is 13.4. The zero-order valence-electron chi connectivity index (χ0n) is 14.9. The number of hydrogen-bond donors (Lipinski definition) is 0. The van der Waals surface area contributed by atoms with Crippen LogP contribution in [0.1, 0.15) is 37.3 Å². The van der Waals surface area contributed by atoms with Gasteiger partial charge in [0.25, 0.3) is 5.69 Å². The molecule has 1 fully saturated rings. The van der Waals surface area contributed by atoms with Gasteiger partial charge in [0.2, 0.25) is 5.72 Å². The fourth-order valence-electron chi connectivity index (χ4n) is 5.25. The van der Waals surface area contributed by atoms with Crippen LogP contribution >= 0.6 is 0 Å². The predicted molar refractivity (Wildman–Crippen MR) is 100 cm³/mol. The van der Waals surface area contributed by atoms with Gasteiger partial charge in [-0.05, 0) is 55.5 Å². The lowest BCUT2D eigenvalue weighted by molar-refractivity contribution is -0.384. The number of rotatable bonds is 1. The topological polar surface area (TPSA) is 55.6 Å². The average molecular weight is 348 g/mol. The Morgan fingerprint density at radius 1 is 1.23 bits per heavy atom. The number of para-hydroxylation sites is 1. The van der Waals surface area contributed by atoms with Gasteiger partial charge in [-0.2, -0.15) is 0 Å². The van der Waals surface area contributed by atoms with E-state index in [1.807, 2.05) is 0 Å². The summed E-state index contributed by atoms with van der Waals surface area (Å²) in [6.07, 6.45) is 5.19. The highest BCUT2D eigenvalue weighted by Gasteiger charge is 2.64. The Hall–Kier alpha value is -2.82. The third-order valence-electron chi connectivity index (χ3n) is 6.43. The third kappa shape index (κ3) is 1.66. The van der Waals surface area contributed by atoms with E-state index in [1.54, 1.807) is 12.1 Å². The van der Waals surface area contributed by atoms with Crippen molar-refractivity contribution in [2.45, 2.75) is 37.3 Å². The quantitative estimate of drug-likeness (QED) is 0.556. The van der Waals surface area contributed by atoms with Crippen LogP contribution in [0.2, 0.25) is 0 Å². The van der Waals surface area contributed by atoms with E-state index < -0.39 is 5.72 Å². The van der Waals surface area contributed by atoms with Crippen molar-refractivity contribution >= 4 is 17.5 Å². The summed E-state index contributed by atoms with van der Waals surface area (Å²) >= 11 is 0. The van der Waals surface area contributed by atoms with Gasteiger partial charge in [-0.1, -0.05) is 18.2 Å². The van der Waals surface area contributed by atoms with Crippen molar-refractivity contribution in [2.75, 3.05) is 11.9 Å². The van der Waals surface area contributed by atoms with Crippen LogP contribution in [0.15, 0.2) is 48.0 Å². The van der Waals surface area contributed by atoms with Crippen LogP contribution in [-0.4, -0.2) is 17.7 Å². The first-order chi connectivity index (χ1) is 12.5. The van der Waals surface area contributed by atoms with E-state index in [0.29, 0.717) is 5.75 Å². The molecule has 2 heterocycles. The Balaban J connectivity index is 1.74. The smallest absolute Gasteiger partial charge is 0.270 e. The number of fused-ring (bicyclic) bond motifs is 3. The van der Waals surface area contributed by atoms with Gasteiger partial charge in [0.05, 0.1) is 10.3 Å². The molecule has 0 bridgehead atoms. The highest BCUT2D eigenvalue weighted by molar-refractivity contribution is 5.76. The molecular formula is C21H20N2O3. The molecule has 2 aromatic carbocycles. The number of non-ortho nitro benzene ring substituents is 1. The number of anilines is 1. The van der Waals surface area contributed by atoms with Crippen LogP contribution in [0.25, 0.3) is 6.08 Å². The lowest BCUT2D eigenvalue weighted by Gasteiger charge is -2.53. The highest BCUT2D eigenvalue weighted by Crippen LogP contribution is 2.61. The second-order valence-electron chi connectivity index (χ2n) is 7.66. The largest absolute Gasteiger partial charge is 0.462 e. The zero-order chi connectivity index (χ0) is 18.1. The standard InChI is InChI=1S/C21H20N2O3/c1-20-11-5-6-15-12-14-13-16(23(24)25)9-10-19(14)26-21(15,20)22(2)18-8-4-3-7-17(18)20/h3-4,7-10,12-13H,5-6,11H2,1-2H3/t20-,21-/m1/s1. The van der Waals surface area contributed by atoms with Crippen molar-refractivity contribution in [3.63, 3.8) is 0 Å². The second-order valence-corrected chi connectivity index (χ2v) is 7.66. The van der Waals surface area contributed by atoms with Gasteiger partial charge >= 0.3 is 0 Å². The third-order valence-corrected chi connectivity index (χ3v) is 6.43. The van der Waals surface area contributed by atoms with Gasteiger partial charge in [0.1, 0.15) is 5.75 Å². The molecule has 26 heavy (non-hydrogen) atoms. The minimum absolute atomic E-state index is 0.0989. The van der Waals surface area contributed by atoms with Crippen molar-refractivity contribution in [3.8, 4) is 5.75 Å². The number of hydrogen-bond acceptors (Lipinski definition) is 4. The fourth-order valence-corrected chi connectivity index (χ4v) is 5.25. The molecule has 2 aliphatic heterocycles. The van der Waals surface area contributed by atoms with Gasteiger partial charge < -0.3 is 9.64 Å². The molecule has 5 rings (SSSR count). The summed E-state index contributed by atoms with van der Waals surface area (Å²) in [5, 5.41) is 11.1. The van der Waals surface area contributed by atoms with Gasteiger partial charge in [-0.3, -0.25) is 10.1 Å². The Morgan fingerprint density at radius 3 is 2.85 bits per heavy atom. The number of nitrogens with zero attached hydrogens (tertiary/aromatic N) is 2. The Labute approximate surface area is 152 Å². The van der Waals surface area contributed by atoms with Gasteiger partial charge in [-0.25, -0.2) is 0 Å². The van der Waals surface area contributed by atoms with Crippen LogP contribution in [0.5, 0.6) is 5.75 Å². The molecule has 0 N–H and O–H groups in total. The summed E-state index contributed by atoms with van der Waals surface area (Å²) < 4.78 is 6.71. The lowest BCUT2D eigenvalue weighted by atomic mass is 9.64. The predicted octanol–water partition coefficient (Wildman–Crippen LogP) is 4.66. The van der Waals surface area contributed by atoms with Gasteiger partial charge in [0.15, 0.2) is 0 Å². The van der Waals surface area contributed by atoms with E-state index in [2.05, 4.69) is 49.2 Å². The maximum Gasteiger partial charge on any atom is 0.270 e. The van der Waals surface area contributed by atoms with E-state index in [0.717, 1.165) is 24.8 Å². The van der Waals surface area contributed by atoms with Crippen LogP contribution in [0.4, 0.5) is 11.4 Å². The number of ether oxygens (including phenoxy) is 1. The monoisotopic (exact) mass is 348 g/mol. The molecule has 1 saturated carbocycles. The first kappa shape index (κ1) is 15.4. The Morgan fingerprint density at radius 2 is 2.04 bits per heavy atom. The van der Waals surface area contributed by atoms with E-state index in [9.17, 15) is 10.1 Å². The fraction of sp³-hybridized carbons (Fsp3) is 0.333. The molecule has 0 radical (unpaired) electrons. The molecule has 0 saturated heterocycles. The normalized spacial score (nSPS) is 28.2. The minimum atomic E-state index is -0.557. The highest BCUT2D eigenvalue weighted by atomic mass is 16.6. The molecule has 3 aliphatic rings. The number of likely N-dealkylation sites (N-methyl/N-ethyl adjacent to an activating group) is 1. The van der Waals surface area contributed by atoms with Crippen molar-refractivity contribution in [3.05, 3.63) is 69.3 Å². The van der Waals surface area contributed by atoms with Gasteiger partial charge in [-0.15, -0.1) is 0 Å². The lowest BCUT2D eigenvalue weighted by Crippen LogP contribution is -2.63. The van der Waals surface area contributed by atoms with Crippen LogP contribution < -0.4 is 9.64 Å². The van der Waals surface area contributed by atoms with Crippen molar-refractivity contribution in [1.29, 1.82) is 0 Å². The summed E-state index contributed by atoms with van der Waals surface area (Å²) in [5.41, 5.74) is 3.92. The number of benzene rings is 2. The maximum absolute atomic E-state index is 11.1. The van der Waals surface area contributed by atoms with Crippen LogP contribution in [0.3, 0.4) is 0 Å². The van der Waals surface area contributed by atoms with Crippen molar-refractivity contribution in [1.82, 2.24) is 0 Å². The second kappa shape index (κ2) is 4.87. The molecule has 1 spiro atoms. The van der Waals surface area contributed by atoms with E-state index >= 15 is 0 Å². The molecule has 5 heteroatoms. The summed E-state index contributed by atoms with van der Waals surface area (Å²) in [5.74, 6) is 0.715.